The Morgan fingerprint density at radius 3 is 2.25 bits per heavy atom. The van der Waals surface area contributed by atoms with Gasteiger partial charge < -0.3 is 14.6 Å². The second-order valence-corrected chi connectivity index (χ2v) is 9.82. The summed E-state index contributed by atoms with van der Waals surface area (Å²) in [5.74, 6) is 0.340. The van der Waals surface area contributed by atoms with Gasteiger partial charge in [0.1, 0.15) is 23.0 Å². The number of aliphatic hydroxyl groups is 1. The lowest BCUT2D eigenvalue weighted by atomic mass is 9.94. The molecule has 1 unspecified atom stereocenters. The van der Waals surface area contributed by atoms with E-state index in [4.69, 9.17) is 9.47 Å². The number of nitrogens with zero attached hydrogens (tertiary/aromatic N) is 1. The van der Waals surface area contributed by atoms with Gasteiger partial charge in [0.05, 0.1) is 18.2 Å². The van der Waals surface area contributed by atoms with Crippen LogP contribution in [0.25, 0.3) is 5.76 Å². The van der Waals surface area contributed by atoms with E-state index in [9.17, 15) is 14.7 Å². The van der Waals surface area contributed by atoms with Crippen LogP contribution < -0.4 is 14.4 Å². The number of ether oxygens (including phenoxy) is 2. The van der Waals surface area contributed by atoms with Crippen molar-refractivity contribution in [1.29, 1.82) is 0 Å². The number of ketones is 1. The summed E-state index contributed by atoms with van der Waals surface area (Å²) in [6.45, 7) is 6.45. The lowest BCUT2D eigenvalue weighted by Gasteiger charge is -2.26. The molecule has 4 aromatic rings. The predicted molar refractivity (Wildman–Crippen MR) is 156 cm³/mol. The van der Waals surface area contributed by atoms with Crippen LogP contribution in [0.4, 0.5) is 5.69 Å². The molecule has 1 fully saturated rings. The normalized spacial score (nSPS) is 16.3. The van der Waals surface area contributed by atoms with Gasteiger partial charge in [-0.25, -0.2) is 0 Å². The van der Waals surface area contributed by atoms with Crippen molar-refractivity contribution >= 4 is 23.1 Å². The first-order chi connectivity index (χ1) is 19.4. The summed E-state index contributed by atoms with van der Waals surface area (Å²) < 4.78 is 11.7. The van der Waals surface area contributed by atoms with Crippen molar-refractivity contribution in [2.24, 2.45) is 0 Å². The van der Waals surface area contributed by atoms with Crippen LogP contribution in [-0.4, -0.2) is 23.4 Å². The van der Waals surface area contributed by atoms with E-state index >= 15 is 0 Å². The summed E-state index contributed by atoms with van der Waals surface area (Å²) in [6.07, 6.45) is 0.875. The van der Waals surface area contributed by atoms with Crippen LogP contribution in [0.1, 0.15) is 41.6 Å². The number of benzene rings is 4. The van der Waals surface area contributed by atoms with Crippen LogP contribution in [0, 0.1) is 13.8 Å². The Morgan fingerprint density at radius 2 is 1.57 bits per heavy atom. The molecule has 0 aliphatic carbocycles. The fraction of sp³-hybridized carbons (Fsp3) is 0.176. The Labute approximate surface area is 234 Å². The van der Waals surface area contributed by atoms with Gasteiger partial charge in [-0.2, -0.15) is 0 Å². The van der Waals surface area contributed by atoms with Crippen molar-refractivity contribution in [2.75, 3.05) is 11.5 Å². The molecule has 6 nitrogen and oxygen atoms in total. The van der Waals surface area contributed by atoms with E-state index in [1.807, 2.05) is 75.4 Å². The summed E-state index contributed by atoms with van der Waals surface area (Å²) in [7, 11) is 0. The van der Waals surface area contributed by atoms with Gasteiger partial charge in [0, 0.05) is 11.3 Å². The molecule has 1 amide bonds. The molecule has 0 bridgehead atoms. The average molecular weight is 534 g/mol. The lowest BCUT2D eigenvalue weighted by molar-refractivity contribution is -0.132. The Morgan fingerprint density at radius 1 is 0.850 bits per heavy atom. The predicted octanol–water partition coefficient (Wildman–Crippen LogP) is 7.51. The highest BCUT2D eigenvalue weighted by molar-refractivity contribution is 6.51. The number of carbonyl (C=O) groups excluding carboxylic acids is 2. The van der Waals surface area contributed by atoms with Crippen molar-refractivity contribution in [3.8, 4) is 17.2 Å². The molecule has 40 heavy (non-hydrogen) atoms. The minimum atomic E-state index is -0.808. The Balaban J connectivity index is 1.57. The zero-order valence-corrected chi connectivity index (χ0v) is 22.8. The maximum absolute atomic E-state index is 13.5. The molecule has 1 aliphatic rings. The lowest BCUT2D eigenvalue weighted by Crippen LogP contribution is -2.29. The quantitative estimate of drug-likeness (QED) is 0.144. The Hall–Kier alpha value is -4.84. The maximum Gasteiger partial charge on any atom is 0.300 e. The number of Topliss-reactive ketones (excluding diaryl/α,β-unsaturated/α-hetero) is 1. The number of hydrogen-bond acceptors (Lipinski definition) is 5. The van der Waals surface area contributed by atoms with Crippen LogP contribution in [0.3, 0.4) is 0 Å². The number of para-hydroxylation sites is 1. The molecule has 202 valence electrons. The van der Waals surface area contributed by atoms with Gasteiger partial charge in [-0.3, -0.25) is 14.5 Å². The second kappa shape index (κ2) is 11.5. The van der Waals surface area contributed by atoms with Crippen LogP contribution in [0.2, 0.25) is 0 Å². The fourth-order valence-electron chi connectivity index (χ4n) is 4.88. The number of aryl methyl sites for hydroxylation is 2. The van der Waals surface area contributed by atoms with Crippen LogP contribution in [0.5, 0.6) is 17.2 Å². The molecule has 6 heteroatoms. The van der Waals surface area contributed by atoms with Crippen molar-refractivity contribution in [1.82, 2.24) is 0 Å². The van der Waals surface area contributed by atoms with Gasteiger partial charge in [-0.05, 0) is 86.0 Å². The molecular formula is C34H31NO5. The molecule has 0 radical (unpaired) electrons. The highest BCUT2D eigenvalue weighted by atomic mass is 16.5. The summed E-state index contributed by atoms with van der Waals surface area (Å²) in [5, 5.41) is 11.5. The van der Waals surface area contributed by atoms with E-state index in [0.29, 0.717) is 35.1 Å². The molecule has 5 rings (SSSR count). The van der Waals surface area contributed by atoms with Gasteiger partial charge in [0.2, 0.25) is 0 Å². The number of aliphatic hydroxyl groups excluding tert-OH is 1. The molecule has 0 spiro atoms. The maximum atomic E-state index is 13.5. The van der Waals surface area contributed by atoms with E-state index < -0.39 is 17.7 Å². The number of amides is 1. The van der Waals surface area contributed by atoms with Gasteiger partial charge in [0.25, 0.3) is 11.7 Å². The number of rotatable bonds is 8. The van der Waals surface area contributed by atoms with Crippen LogP contribution in [0.15, 0.2) is 103 Å². The second-order valence-electron chi connectivity index (χ2n) is 9.82. The summed E-state index contributed by atoms with van der Waals surface area (Å²) in [6, 6.07) is 28.5. The van der Waals surface area contributed by atoms with Crippen LogP contribution >= 0.6 is 0 Å². The van der Waals surface area contributed by atoms with E-state index in [1.54, 1.807) is 42.5 Å². The van der Waals surface area contributed by atoms with Gasteiger partial charge in [-0.15, -0.1) is 0 Å². The third kappa shape index (κ3) is 5.34. The number of anilines is 1. The molecule has 0 aromatic heterocycles. The minimum Gasteiger partial charge on any atom is -0.507 e. The third-order valence-electron chi connectivity index (χ3n) is 6.81. The Kier molecular flexibility index (Phi) is 7.69. The van der Waals surface area contributed by atoms with E-state index in [-0.39, 0.29) is 11.3 Å². The SMILES string of the molecule is CCCOc1ccc(/C(O)=C2/C(=O)C(=O)N(c3ccc(Oc4ccccc4)cc3)C2c2cccc(C)c2)cc1C. The van der Waals surface area contributed by atoms with Gasteiger partial charge in [0.15, 0.2) is 0 Å². The van der Waals surface area contributed by atoms with Crippen molar-refractivity contribution in [3.63, 3.8) is 0 Å². The third-order valence-corrected chi connectivity index (χ3v) is 6.81. The van der Waals surface area contributed by atoms with E-state index in [0.717, 1.165) is 23.1 Å². The summed E-state index contributed by atoms with van der Waals surface area (Å²) in [4.78, 5) is 28.5. The van der Waals surface area contributed by atoms with Gasteiger partial charge >= 0.3 is 0 Å². The Bertz CT molecular complexity index is 1570. The van der Waals surface area contributed by atoms with Crippen molar-refractivity contribution in [2.45, 2.75) is 33.2 Å². The number of carbonyl (C=O) groups is 2. The highest BCUT2D eigenvalue weighted by Crippen LogP contribution is 2.43. The molecule has 4 aromatic carbocycles. The molecule has 1 N–H and O–H groups in total. The van der Waals surface area contributed by atoms with Gasteiger partial charge in [-0.1, -0.05) is 55.0 Å². The molecular weight excluding hydrogens is 502 g/mol. The first-order valence-corrected chi connectivity index (χ1v) is 13.3. The molecule has 1 aliphatic heterocycles. The largest absolute Gasteiger partial charge is 0.507 e. The topological polar surface area (TPSA) is 76.1 Å². The first kappa shape index (κ1) is 26.8. The average Bonchev–Trinajstić information content (AvgIpc) is 3.23. The smallest absolute Gasteiger partial charge is 0.300 e. The highest BCUT2D eigenvalue weighted by Gasteiger charge is 2.47. The fourth-order valence-corrected chi connectivity index (χ4v) is 4.88. The molecule has 1 heterocycles. The standard InChI is InChI=1S/C34H31NO5/c1-4-19-39-29-18-13-25(21-23(29)3)32(36)30-31(24-10-8-9-22(2)20-24)35(34(38)33(30)37)26-14-16-28(17-15-26)40-27-11-6-5-7-12-27/h5-18,20-21,31,36H,4,19H2,1-3H3/b32-30-. The zero-order valence-electron chi connectivity index (χ0n) is 22.8. The minimum absolute atomic E-state index is 0.0434. The van der Waals surface area contributed by atoms with E-state index in [1.165, 1.54) is 4.90 Å². The van der Waals surface area contributed by atoms with Crippen molar-refractivity contribution in [3.05, 3.63) is 125 Å². The van der Waals surface area contributed by atoms with Crippen molar-refractivity contribution < 1.29 is 24.2 Å². The monoisotopic (exact) mass is 533 g/mol. The van der Waals surface area contributed by atoms with Crippen LogP contribution in [-0.2, 0) is 9.59 Å². The first-order valence-electron chi connectivity index (χ1n) is 13.3. The summed E-state index contributed by atoms with van der Waals surface area (Å²) in [5.41, 5.74) is 3.54. The molecule has 0 saturated carbocycles. The molecule has 1 saturated heterocycles. The molecule has 1 atom stereocenters. The van der Waals surface area contributed by atoms with E-state index in [2.05, 4.69) is 0 Å². The number of hydrogen-bond donors (Lipinski definition) is 1. The summed E-state index contributed by atoms with van der Waals surface area (Å²) >= 11 is 0. The zero-order chi connectivity index (χ0) is 28.2.